The molecule has 2 aromatic carbocycles. The highest BCUT2D eigenvalue weighted by molar-refractivity contribution is 7.09. The molecule has 4 rings (SSSR count). The number of hydrazine groups is 1. The molecule has 0 bridgehead atoms. The van der Waals surface area contributed by atoms with Crippen LogP contribution in [0.15, 0.2) is 53.9 Å². The van der Waals surface area contributed by atoms with Crippen LogP contribution in [0.5, 0.6) is 11.5 Å². The molecule has 3 aromatic rings. The average Bonchev–Trinajstić information content (AvgIpc) is 3.78. The number of hydrogen-bond acceptors (Lipinski definition) is 11. The van der Waals surface area contributed by atoms with Crippen LogP contribution in [0.25, 0.3) is 0 Å². The number of rotatable bonds is 21. The van der Waals surface area contributed by atoms with E-state index >= 15 is 0 Å². The molecule has 1 fully saturated rings. The number of carboxylic acid groups (broad SMARTS) is 1. The van der Waals surface area contributed by atoms with Gasteiger partial charge in [-0.25, -0.2) is 19.6 Å². The first-order valence-electron chi connectivity index (χ1n) is 19.3. The van der Waals surface area contributed by atoms with E-state index in [1.54, 1.807) is 55.9 Å². The summed E-state index contributed by atoms with van der Waals surface area (Å²) in [6, 6.07) is 11.5. The number of thiazole rings is 1. The number of nitrogens with one attached hydrogen (secondary N) is 3. The number of carbonyl (C=O) groups excluding carboxylic acids is 3. The molecular formula is C41H59N7O9S. The average molecular weight is 826 g/mol. The Balaban J connectivity index is 1.62. The van der Waals surface area contributed by atoms with E-state index in [1.165, 1.54) is 30.6 Å². The van der Waals surface area contributed by atoms with Crippen LogP contribution in [0.1, 0.15) is 62.9 Å². The number of aliphatic hydroxyl groups excluding tert-OH is 1. The number of aliphatic hydroxyl groups is 1. The highest BCUT2D eigenvalue weighted by atomic mass is 32.1. The summed E-state index contributed by atoms with van der Waals surface area (Å²) in [4.78, 5) is 61.7. The second-order valence-electron chi connectivity index (χ2n) is 15.6. The molecule has 17 heteroatoms. The Morgan fingerprint density at radius 2 is 1.69 bits per heavy atom. The summed E-state index contributed by atoms with van der Waals surface area (Å²) in [7, 11) is 4.63. The molecular weight excluding hydrogens is 767 g/mol. The van der Waals surface area contributed by atoms with Gasteiger partial charge in [0.05, 0.1) is 45.2 Å². The normalized spacial score (nSPS) is 15.7. The van der Waals surface area contributed by atoms with Gasteiger partial charge in [-0.1, -0.05) is 77.4 Å². The van der Waals surface area contributed by atoms with Gasteiger partial charge in [0.2, 0.25) is 5.91 Å². The lowest BCUT2D eigenvalue weighted by atomic mass is 9.86. The summed E-state index contributed by atoms with van der Waals surface area (Å²) >= 11 is 1.46. The number of amides is 5. The number of hydrogen-bond donors (Lipinski definition) is 5. The molecule has 1 aliphatic heterocycles. The Labute approximate surface area is 344 Å². The number of ether oxygens (including phenoxy) is 3. The molecule has 2 heterocycles. The molecule has 0 saturated carbocycles. The van der Waals surface area contributed by atoms with Crippen LogP contribution in [-0.2, 0) is 40.4 Å². The third kappa shape index (κ3) is 12.5. The van der Waals surface area contributed by atoms with Crippen molar-refractivity contribution >= 4 is 35.3 Å². The van der Waals surface area contributed by atoms with Gasteiger partial charge in [0.1, 0.15) is 17.1 Å². The highest BCUT2D eigenvalue weighted by Crippen LogP contribution is 2.29. The van der Waals surface area contributed by atoms with Gasteiger partial charge in [-0.2, -0.15) is 0 Å². The van der Waals surface area contributed by atoms with Crippen LogP contribution >= 0.6 is 11.3 Å². The van der Waals surface area contributed by atoms with Gasteiger partial charge in [0, 0.05) is 38.7 Å². The van der Waals surface area contributed by atoms with E-state index in [0.717, 1.165) is 16.3 Å². The number of nitrogens with zero attached hydrogens (tertiary/aromatic N) is 4. The first kappa shape index (κ1) is 45.7. The first-order valence-corrected chi connectivity index (χ1v) is 20.2. The lowest BCUT2D eigenvalue weighted by Gasteiger charge is -2.36. The van der Waals surface area contributed by atoms with Crippen molar-refractivity contribution in [1.29, 1.82) is 0 Å². The second kappa shape index (κ2) is 21.2. The summed E-state index contributed by atoms with van der Waals surface area (Å²) < 4.78 is 16.1. The molecule has 16 nitrogen and oxygen atoms in total. The van der Waals surface area contributed by atoms with Crippen molar-refractivity contribution in [3.8, 4) is 11.5 Å². The van der Waals surface area contributed by atoms with E-state index in [0.29, 0.717) is 49.7 Å². The molecule has 5 atom stereocenters. The molecule has 1 aromatic heterocycles. The Kier molecular flexibility index (Phi) is 16.7. The van der Waals surface area contributed by atoms with E-state index in [2.05, 4.69) is 21.0 Å². The smallest absolute Gasteiger partial charge is 0.405 e. The molecule has 318 valence electrons. The number of methoxy groups -OCH3 is 3. The summed E-state index contributed by atoms with van der Waals surface area (Å²) in [6.07, 6.45) is -1.77. The lowest BCUT2D eigenvalue weighted by molar-refractivity contribution is -0.132. The highest BCUT2D eigenvalue weighted by Gasteiger charge is 2.41. The van der Waals surface area contributed by atoms with E-state index in [4.69, 9.17) is 14.2 Å². The Bertz CT molecular complexity index is 1820. The van der Waals surface area contributed by atoms with Crippen molar-refractivity contribution < 1.29 is 43.6 Å². The quantitative estimate of drug-likeness (QED) is 0.0964. The maximum Gasteiger partial charge on any atom is 0.405 e. The van der Waals surface area contributed by atoms with Gasteiger partial charge in [-0.3, -0.25) is 15.0 Å². The van der Waals surface area contributed by atoms with Gasteiger partial charge < -0.3 is 44.9 Å². The van der Waals surface area contributed by atoms with E-state index < -0.39 is 47.6 Å². The van der Waals surface area contributed by atoms with Crippen LogP contribution in [0.2, 0.25) is 0 Å². The second-order valence-corrected chi connectivity index (χ2v) is 16.5. The summed E-state index contributed by atoms with van der Waals surface area (Å²) in [5.74, 6) is -0.305. The zero-order valence-electron chi connectivity index (χ0n) is 34.7. The molecule has 5 amide bonds. The van der Waals surface area contributed by atoms with Crippen LogP contribution in [0.4, 0.5) is 9.59 Å². The van der Waals surface area contributed by atoms with Crippen LogP contribution in [0, 0.1) is 11.3 Å². The third-order valence-electron chi connectivity index (χ3n) is 10.1. The van der Waals surface area contributed by atoms with Crippen LogP contribution in [0.3, 0.4) is 0 Å². The number of urea groups is 1. The number of aromatic nitrogens is 1. The molecule has 1 saturated heterocycles. The van der Waals surface area contributed by atoms with Gasteiger partial charge in [0.15, 0.2) is 11.5 Å². The van der Waals surface area contributed by atoms with E-state index in [-0.39, 0.29) is 31.5 Å². The molecule has 0 spiro atoms. The van der Waals surface area contributed by atoms with Crippen LogP contribution < -0.4 is 25.5 Å². The molecule has 0 aliphatic carbocycles. The third-order valence-corrected chi connectivity index (χ3v) is 11.0. The maximum atomic E-state index is 14.5. The zero-order chi connectivity index (χ0) is 42.6. The largest absolute Gasteiger partial charge is 0.493 e. The van der Waals surface area contributed by atoms with Crippen molar-refractivity contribution in [3.63, 3.8) is 0 Å². The van der Waals surface area contributed by atoms with Gasteiger partial charge in [-0.05, 0) is 41.0 Å². The Hall–Kier alpha value is -4.97. The fourth-order valence-corrected chi connectivity index (χ4v) is 7.64. The van der Waals surface area contributed by atoms with Gasteiger partial charge >= 0.3 is 12.1 Å². The SMILES string of the molecule is CC[C@H](C)[C@@H](C(=O)N[C@@H](Cc1ccccc1)[C@@H](O)CN(Cc1ccc(OC)c(OC)c1)NC(=O)[C@@H](NC(=O)O)C(C)(C)C)N1CCN(Cc2csc(COC)n2)C1=O. The minimum Gasteiger partial charge on any atom is -0.493 e. The molecule has 0 unspecified atom stereocenters. The molecule has 1 aliphatic rings. The Morgan fingerprint density at radius 1 is 0.983 bits per heavy atom. The monoisotopic (exact) mass is 825 g/mol. The topological polar surface area (TPSA) is 195 Å². The predicted octanol–water partition coefficient (Wildman–Crippen LogP) is 4.26. The lowest BCUT2D eigenvalue weighted by Crippen LogP contribution is -2.60. The standard InChI is InChI=1S/C41H59N7O9S/c1-9-26(2)35(48-18-17-46(40(48)54)22-29-25-58-34(42-29)24-55-6)37(50)43-30(19-27-13-11-10-12-14-27)31(49)23-47(21-28-15-16-32(56-7)33(20-28)57-8)45-38(51)36(41(3,4)5)44-39(52)53/h10-16,20,25-26,30-31,35-36,44,49H,9,17-19,21-24H2,1-8H3,(H,43,50)(H,45,51)(H,52,53)/t26-,30-,31-,35-,36+/m0/s1. The molecule has 0 radical (unpaired) electrons. The van der Waals surface area contributed by atoms with Crippen molar-refractivity contribution in [1.82, 2.24) is 35.9 Å². The van der Waals surface area contributed by atoms with Gasteiger partial charge in [-0.15, -0.1) is 11.3 Å². The Morgan fingerprint density at radius 3 is 2.31 bits per heavy atom. The van der Waals surface area contributed by atoms with Crippen molar-refractivity contribution in [2.45, 2.75) is 91.4 Å². The summed E-state index contributed by atoms with van der Waals surface area (Å²) in [5.41, 5.74) is 4.32. The van der Waals surface area contributed by atoms with Gasteiger partial charge in [0.25, 0.3) is 5.91 Å². The zero-order valence-corrected chi connectivity index (χ0v) is 35.5. The van der Waals surface area contributed by atoms with E-state index in [9.17, 15) is 29.4 Å². The van der Waals surface area contributed by atoms with Crippen LogP contribution in [-0.4, -0.2) is 119 Å². The summed E-state index contributed by atoms with van der Waals surface area (Å²) in [6.45, 7) is 10.4. The maximum absolute atomic E-state index is 14.5. The van der Waals surface area contributed by atoms with E-state index in [1.807, 2.05) is 49.6 Å². The predicted molar refractivity (Wildman–Crippen MR) is 219 cm³/mol. The minimum atomic E-state index is -1.36. The number of carbonyl (C=O) groups is 4. The van der Waals surface area contributed by atoms with Crippen molar-refractivity contribution in [2.24, 2.45) is 11.3 Å². The first-order chi connectivity index (χ1) is 27.6. The molecule has 5 N–H and O–H groups in total. The molecule has 58 heavy (non-hydrogen) atoms. The fourth-order valence-electron chi connectivity index (χ4n) is 6.88. The van der Waals surface area contributed by atoms with Crippen molar-refractivity contribution in [2.75, 3.05) is 41.0 Å². The minimum absolute atomic E-state index is 0.0681. The van der Waals surface area contributed by atoms with Crippen molar-refractivity contribution in [3.05, 3.63) is 75.7 Å². The number of benzene rings is 2. The fraction of sp³-hybridized carbons (Fsp3) is 0.537. The summed E-state index contributed by atoms with van der Waals surface area (Å²) in [5, 5.41) is 31.3.